The number of ether oxygens (including phenoxy) is 2. The third kappa shape index (κ3) is 3.57. The molecule has 2 rings (SSSR count). The van der Waals surface area contributed by atoms with Crippen LogP contribution >= 0.6 is 0 Å². The highest BCUT2D eigenvalue weighted by atomic mass is 32.2. The van der Waals surface area contributed by atoms with Crippen LogP contribution in [0.4, 0.5) is 4.39 Å². The molecular weight excluding hydrogens is 341 g/mol. The lowest BCUT2D eigenvalue weighted by Crippen LogP contribution is -2.31. The van der Waals surface area contributed by atoms with Crippen molar-refractivity contribution >= 4 is 22.0 Å². The van der Waals surface area contributed by atoms with E-state index in [1.165, 1.54) is 0 Å². The minimum absolute atomic E-state index is 0.151. The van der Waals surface area contributed by atoms with Gasteiger partial charge in [0.15, 0.2) is 0 Å². The average Bonchev–Trinajstić information content (AvgIpc) is 2.93. The van der Waals surface area contributed by atoms with Crippen LogP contribution in [0, 0.1) is 5.82 Å². The van der Waals surface area contributed by atoms with Crippen molar-refractivity contribution in [3.8, 4) is 0 Å². The number of hydrogen-bond donors (Lipinski definition) is 0. The molecule has 9 heteroatoms. The molecule has 1 heterocycles. The second-order valence-corrected chi connectivity index (χ2v) is 6.99. The molecule has 24 heavy (non-hydrogen) atoms. The third-order valence-electron chi connectivity index (χ3n) is 3.63. The maximum Gasteiger partial charge on any atom is 0.347 e. The molecular formula is C15H18FNO6S. The number of halogens is 1. The molecule has 0 aliphatic carbocycles. The molecule has 0 bridgehead atoms. The largest absolute Gasteiger partial charge is 0.463 e. The number of esters is 2. The van der Waals surface area contributed by atoms with E-state index in [0.717, 1.165) is 22.5 Å². The molecule has 1 fully saturated rings. The summed E-state index contributed by atoms with van der Waals surface area (Å²) < 4.78 is 49.6. The van der Waals surface area contributed by atoms with Gasteiger partial charge in [0.1, 0.15) is 10.7 Å². The van der Waals surface area contributed by atoms with E-state index in [4.69, 9.17) is 4.74 Å². The van der Waals surface area contributed by atoms with Crippen LogP contribution in [0.15, 0.2) is 23.1 Å². The first-order valence-corrected chi connectivity index (χ1v) is 8.92. The quantitative estimate of drug-likeness (QED) is 0.712. The lowest BCUT2D eigenvalue weighted by molar-refractivity contribution is -0.145. The maximum atomic E-state index is 14.0. The van der Waals surface area contributed by atoms with Gasteiger partial charge in [0, 0.05) is 19.5 Å². The molecule has 0 saturated carbocycles. The highest BCUT2D eigenvalue weighted by molar-refractivity contribution is 7.89. The minimum Gasteiger partial charge on any atom is -0.463 e. The fraction of sp³-hybridized carbons (Fsp3) is 0.467. The van der Waals surface area contributed by atoms with Gasteiger partial charge < -0.3 is 9.47 Å². The van der Waals surface area contributed by atoms with Crippen LogP contribution in [0.5, 0.6) is 0 Å². The van der Waals surface area contributed by atoms with Gasteiger partial charge in [0.2, 0.25) is 16.1 Å². The molecule has 1 aromatic rings. The van der Waals surface area contributed by atoms with E-state index in [2.05, 4.69) is 4.74 Å². The van der Waals surface area contributed by atoms with Crippen LogP contribution in [-0.4, -0.2) is 50.5 Å². The standard InChI is InChI=1S/C15H18FNO6S/c1-3-17(4-2)24(20,21)13-9-10(5-6-11(13)16)14(18)23-12-7-8-22-15(12)19/h5-6,9,12H,3-4,7-8H2,1-2H3/t12-/m0/s1. The Morgan fingerprint density at radius 3 is 2.58 bits per heavy atom. The molecule has 0 N–H and O–H groups in total. The van der Waals surface area contributed by atoms with Crippen molar-refractivity contribution in [1.82, 2.24) is 4.31 Å². The van der Waals surface area contributed by atoms with Gasteiger partial charge in [-0.25, -0.2) is 22.4 Å². The Labute approximate surface area is 139 Å². The smallest absolute Gasteiger partial charge is 0.347 e. The minimum atomic E-state index is -4.07. The van der Waals surface area contributed by atoms with Crippen molar-refractivity contribution in [3.05, 3.63) is 29.6 Å². The molecule has 7 nitrogen and oxygen atoms in total. The Bertz CT molecular complexity index is 744. The van der Waals surface area contributed by atoms with E-state index in [-0.39, 0.29) is 31.7 Å². The van der Waals surface area contributed by atoms with Gasteiger partial charge in [-0.1, -0.05) is 13.8 Å². The molecule has 0 unspecified atom stereocenters. The van der Waals surface area contributed by atoms with Crippen LogP contribution in [-0.2, 0) is 24.3 Å². The number of cyclic esters (lactones) is 1. The lowest BCUT2D eigenvalue weighted by atomic mass is 10.2. The van der Waals surface area contributed by atoms with Crippen LogP contribution in [0.2, 0.25) is 0 Å². The monoisotopic (exact) mass is 359 g/mol. The first-order chi connectivity index (χ1) is 11.3. The zero-order valence-corrected chi connectivity index (χ0v) is 14.1. The summed E-state index contributed by atoms with van der Waals surface area (Å²) in [6, 6.07) is 2.92. The summed E-state index contributed by atoms with van der Waals surface area (Å²) in [5.41, 5.74) is -0.151. The number of carbonyl (C=O) groups excluding carboxylic acids is 2. The summed E-state index contributed by atoms with van der Waals surface area (Å²) in [6.45, 7) is 3.75. The van der Waals surface area contributed by atoms with Gasteiger partial charge in [0.25, 0.3) is 0 Å². The van der Waals surface area contributed by atoms with Gasteiger partial charge in [-0.15, -0.1) is 0 Å². The summed E-state index contributed by atoms with van der Waals surface area (Å²) in [7, 11) is -4.07. The van der Waals surface area contributed by atoms with Gasteiger partial charge in [-0.05, 0) is 18.2 Å². The van der Waals surface area contributed by atoms with Crippen molar-refractivity contribution in [3.63, 3.8) is 0 Å². The third-order valence-corrected chi connectivity index (χ3v) is 5.69. The molecule has 1 aromatic carbocycles. The SMILES string of the molecule is CCN(CC)S(=O)(=O)c1cc(C(=O)O[C@H]2CCOC2=O)ccc1F. The number of nitrogens with zero attached hydrogens (tertiary/aromatic N) is 1. The fourth-order valence-electron chi connectivity index (χ4n) is 2.31. The van der Waals surface area contributed by atoms with Gasteiger partial charge in [-0.3, -0.25) is 0 Å². The Hall–Kier alpha value is -2.00. The van der Waals surface area contributed by atoms with Crippen molar-refractivity contribution < 1.29 is 31.9 Å². The van der Waals surface area contributed by atoms with Crippen LogP contribution < -0.4 is 0 Å². The number of sulfonamides is 1. The van der Waals surface area contributed by atoms with Gasteiger partial charge >= 0.3 is 11.9 Å². The first kappa shape index (κ1) is 18.3. The zero-order valence-electron chi connectivity index (χ0n) is 13.3. The summed E-state index contributed by atoms with van der Waals surface area (Å²) in [4.78, 5) is 22.8. The van der Waals surface area contributed by atoms with Crippen molar-refractivity contribution in [2.75, 3.05) is 19.7 Å². The Morgan fingerprint density at radius 1 is 1.38 bits per heavy atom. The van der Waals surface area contributed by atoms with Crippen molar-refractivity contribution in [2.45, 2.75) is 31.3 Å². The van der Waals surface area contributed by atoms with E-state index >= 15 is 0 Å². The Kier molecular flexibility index (Phi) is 5.55. The van der Waals surface area contributed by atoms with E-state index in [0.29, 0.717) is 0 Å². The molecule has 1 saturated heterocycles. The van der Waals surface area contributed by atoms with E-state index in [1.807, 2.05) is 0 Å². The molecule has 1 aliphatic heterocycles. The van der Waals surface area contributed by atoms with E-state index in [9.17, 15) is 22.4 Å². The predicted octanol–water partition coefficient (Wildman–Crippen LogP) is 1.33. The molecule has 0 aromatic heterocycles. The Morgan fingerprint density at radius 2 is 2.04 bits per heavy atom. The normalized spacial score (nSPS) is 17.8. The van der Waals surface area contributed by atoms with Gasteiger partial charge in [0.05, 0.1) is 12.2 Å². The fourth-order valence-corrected chi connectivity index (χ4v) is 3.86. The highest BCUT2D eigenvalue weighted by Crippen LogP contribution is 2.22. The number of benzene rings is 1. The second-order valence-electron chi connectivity index (χ2n) is 5.08. The van der Waals surface area contributed by atoms with Crippen molar-refractivity contribution in [1.29, 1.82) is 0 Å². The maximum absolute atomic E-state index is 14.0. The van der Waals surface area contributed by atoms with E-state index < -0.39 is 38.8 Å². The average molecular weight is 359 g/mol. The van der Waals surface area contributed by atoms with Gasteiger partial charge in [-0.2, -0.15) is 4.31 Å². The molecule has 0 radical (unpaired) electrons. The molecule has 0 amide bonds. The van der Waals surface area contributed by atoms with Crippen molar-refractivity contribution in [2.24, 2.45) is 0 Å². The number of carbonyl (C=O) groups is 2. The van der Waals surface area contributed by atoms with Crippen LogP contribution in [0.25, 0.3) is 0 Å². The predicted molar refractivity (Wildman–Crippen MR) is 81.3 cm³/mol. The molecule has 132 valence electrons. The number of hydrogen-bond acceptors (Lipinski definition) is 6. The summed E-state index contributed by atoms with van der Waals surface area (Å²) in [5, 5.41) is 0. The van der Waals surface area contributed by atoms with Crippen LogP contribution in [0.1, 0.15) is 30.6 Å². The Balaban J connectivity index is 2.31. The summed E-state index contributed by atoms with van der Waals surface area (Å²) >= 11 is 0. The highest BCUT2D eigenvalue weighted by Gasteiger charge is 2.32. The zero-order chi connectivity index (χ0) is 17.9. The lowest BCUT2D eigenvalue weighted by Gasteiger charge is -2.19. The molecule has 1 aliphatic rings. The van der Waals surface area contributed by atoms with Crippen LogP contribution in [0.3, 0.4) is 0 Å². The first-order valence-electron chi connectivity index (χ1n) is 7.48. The summed E-state index contributed by atoms with van der Waals surface area (Å²) in [5.74, 6) is -2.52. The summed E-state index contributed by atoms with van der Waals surface area (Å²) in [6.07, 6.45) is -0.790. The van der Waals surface area contributed by atoms with E-state index in [1.54, 1.807) is 13.8 Å². The molecule has 0 spiro atoms. The second kappa shape index (κ2) is 7.27. The molecule has 1 atom stereocenters. The number of rotatable bonds is 6. The topological polar surface area (TPSA) is 90.0 Å².